The molecule has 0 atom stereocenters. The zero-order valence-corrected chi connectivity index (χ0v) is 14.5. The molecule has 0 bridgehead atoms. The molecule has 0 unspecified atom stereocenters. The Balaban J connectivity index is 2.28. The maximum absolute atomic E-state index is 14.1. The Morgan fingerprint density at radius 3 is 2.48 bits per heavy atom. The van der Waals surface area contributed by atoms with Crippen LogP contribution in [0, 0.1) is 11.6 Å². The van der Waals surface area contributed by atoms with E-state index in [0.717, 1.165) is 17.2 Å². The summed E-state index contributed by atoms with van der Waals surface area (Å²) in [5, 5.41) is 0.831. The second-order valence-corrected chi connectivity index (χ2v) is 5.77. The topological polar surface area (TPSA) is 84.4 Å². The van der Waals surface area contributed by atoms with E-state index in [2.05, 4.69) is 4.98 Å². The van der Waals surface area contributed by atoms with Gasteiger partial charge < -0.3 is 9.55 Å². The summed E-state index contributed by atoms with van der Waals surface area (Å²) >= 11 is 0. The van der Waals surface area contributed by atoms with Crippen molar-refractivity contribution in [2.75, 3.05) is 14.2 Å². The van der Waals surface area contributed by atoms with Crippen molar-refractivity contribution in [1.82, 2.24) is 14.6 Å². The van der Waals surface area contributed by atoms with Crippen LogP contribution in [0.3, 0.4) is 0 Å². The van der Waals surface area contributed by atoms with Crippen molar-refractivity contribution in [2.24, 2.45) is 0 Å². The third-order valence-corrected chi connectivity index (χ3v) is 4.14. The van der Waals surface area contributed by atoms with E-state index in [0.29, 0.717) is 0 Å². The highest BCUT2D eigenvalue weighted by molar-refractivity contribution is 5.95. The number of aromatic nitrogens is 2. The Morgan fingerprint density at radius 1 is 1.19 bits per heavy atom. The van der Waals surface area contributed by atoms with Crippen molar-refractivity contribution in [1.29, 1.82) is 0 Å². The highest BCUT2D eigenvalue weighted by Gasteiger charge is 2.20. The maximum Gasteiger partial charge on any atom is 0.282 e. The first kappa shape index (κ1) is 18.5. The lowest BCUT2D eigenvalue weighted by atomic mass is 10.1. The number of hydrogen-bond acceptors (Lipinski definition) is 4. The number of carbonyl (C=O) groups is 1. The molecule has 0 saturated carbocycles. The van der Waals surface area contributed by atoms with Gasteiger partial charge in [-0.05, 0) is 18.2 Å². The van der Waals surface area contributed by atoms with E-state index >= 15 is 0 Å². The standard InChI is InChI=1S/C18H15F2N3O4/c1-22(27-2)18(26)11-9-23(8-10-12(19)4-3-5-13(10)20)14-6-7-15(24)21-16(14)17(11)25/h3-7,9H,8H2,1-2H3,(H,21,24). The second-order valence-electron chi connectivity index (χ2n) is 5.77. The fraction of sp³-hybridized carbons (Fsp3) is 0.167. The SMILES string of the molecule is CON(C)C(=O)c1cn(Cc2c(F)cccc2F)c2ccc(=O)[nH]c2c1=O. The Bertz CT molecular complexity index is 1130. The van der Waals surface area contributed by atoms with Crippen molar-refractivity contribution >= 4 is 16.9 Å². The van der Waals surface area contributed by atoms with Crippen LogP contribution in [-0.2, 0) is 11.4 Å². The number of pyridine rings is 2. The minimum absolute atomic E-state index is 0.144. The van der Waals surface area contributed by atoms with E-state index in [1.807, 2.05) is 0 Å². The average molecular weight is 375 g/mol. The summed E-state index contributed by atoms with van der Waals surface area (Å²) in [4.78, 5) is 43.9. The van der Waals surface area contributed by atoms with Crippen molar-refractivity contribution in [3.63, 3.8) is 0 Å². The number of fused-ring (bicyclic) bond motifs is 1. The number of halogens is 2. The molecule has 0 radical (unpaired) electrons. The first-order valence-electron chi connectivity index (χ1n) is 7.85. The Labute approximate surface area is 151 Å². The molecule has 9 heteroatoms. The van der Waals surface area contributed by atoms with Gasteiger partial charge in [0.05, 0.1) is 19.2 Å². The van der Waals surface area contributed by atoms with E-state index in [9.17, 15) is 23.2 Å². The number of rotatable bonds is 4. The van der Waals surface area contributed by atoms with Crippen LogP contribution in [0.2, 0.25) is 0 Å². The van der Waals surface area contributed by atoms with E-state index in [-0.39, 0.29) is 28.7 Å². The molecule has 140 valence electrons. The molecule has 2 aromatic heterocycles. The minimum Gasteiger partial charge on any atom is -0.341 e. The quantitative estimate of drug-likeness (QED) is 0.703. The van der Waals surface area contributed by atoms with E-state index in [4.69, 9.17) is 4.84 Å². The van der Waals surface area contributed by atoms with Crippen molar-refractivity contribution < 1.29 is 18.4 Å². The molecule has 27 heavy (non-hydrogen) atoms. The van der Waals surface area contributed by atoms with Gasteiger partial charge in [0.2, 0.25) is 11.0 Å². The summed E-state index contributed by atoms with van der Waals surface area (Å²) < 4.78 is 29.4. The van der Waals surface area contributed by atoms with Crippen LogP contribution in [0.25, 0.3) is 11.0 Å². The van der Waals surface area contributed by atoms with Gasteiger partial charge in [-0.15, -0.1) is 0 Å². The third kappa shape index (κ3) is 3.36. The molecule has 2 heterocycles. The maximum atomic E-state index is 14.1. The first-order valence-corrected chi connectivity index (χ1v) is 7.85. The van der Waals surface area contributed by atoms with Gasteiger partial charge >= 0.3 is 0 Å². The number of hydroxylamine groups is 2. The summed E-state index contributed by atoms with van der Waals surface area (Å²) in [6, 6.07) is 5.98. The van der Waals surface area contributed by atoms with Crippen molar-refractivity contribution in [2.45, 2.75) is 6.54 Å². The number of hydrogen-bond donors (Lipinski definition) is 1. The molecular weight excluding hydrogens is 360 g/mol. The van der Waals surface area contributed by atoms with Gasteiger partial charge in [-0.2, -0.15) is 0 Å². The molecule has 3 aromatic rings. The average Bonchev–Trinajstić information content (AvgIpc) is 2.65. The number of aromatic amines is 1. The van der Waals surface area contributed by atoms with Crippen LogP contribution < -0.4 is 11.0 Å². The number of benzene rings is 1. The molecule has 0 spiro atoms. The lowest BCUT2D eigenvalue weighted by Gasteiger charge is -2.17. The monoisotopic (exact) mass is 375 g/mol. The van der Waals surface area contributed by atoms with Crippen molar-refractivity contribution in [3.05, 3.63) is 79.9 Å². The molecule has 0 aliphatic heterocycles. The predicted molar refractivity (Wildman–Crippen MR) is 93.4 cm³/mol. The number of carbonyl (C=O) groups excluding carboxylic acids is 1. The fourth-order valence-electron chi connectivity index (χ4n) is 2.69. The predicted octanol–water partition coefficient (Wildman–Crippen LogP) is 1.65. The highest BCUT2D eigenvalue weighted by Crippen LogP contribution is 2.17. The third-order valence-electron chi connectivity index (χ3n) is 4.14. The van der Waals surface area contributed by atoms with E-state index in [1.54, 1.807) is 0 Å². The van der Waals surface area contributed by atoms with Gasteiger partial charge in [0.25, 0.3) is 5.91 Å². The molecule has 1 amide bonds. The molecule has 0 fully saturated rings. The number of amides is 1. The molecule has 0 aliphatic rings. The van der Waals surface area contributed by atoms with Crippen LogP contribution in [0.15, 0.2) is 46.1 Å². The zero-order valence-electron chi connectivity index (χ0n) is 14.5. The summed E-state index contributed by atoms with van der Waals surface area (Å²) in [5.41, 5.74) is -1.75. The number of nitrogens with one attached hydrogen (secondary N) is 1. The molecule has 0 aliphatic carbocycles. The Hall–Kier alpha value is -3.33. The second kappa shape index (κ2) is 7.12. The van der Waals surface area contributed by atoms with Gasteiger partial charge in [-0.1, -0.05) is 6.07 Å². The van der Waals surface area contributed by atoms with E-state index < -0.39 is 28.5 Å². The molecule has 3 rings (SSSR count). The van der Waals surface area contributed by atoms with Gasteiger partial charge in [0.15, 0.2) is 0 Å². The molecule has 1 N–H and O–H groups in total. The van der Waals surface area contributed by atoms with Gasteiger partial charge in [0.1, 0.15) is 22.7 Å². The Kier molecular flexibility index (Phi) is 4.87. The minimum atomic E-state index is -0.770. The van der Waals surface area contributed by atoms with Crippen LogP contribution in [0.4, 0.5) is 8.78 Å². The van der Waals surface area contributed by atoms with E-state index in [1.165, 1.54) is 43.1 Å². The largest absolute Gasteiger partial charge is 0.341 e. The molecular formula is C18H15F2N3O4. The summed E-state index contributed by atoms with van der Waals surface area (Å²) in [5.74, 6) is -2.31. The smallest absolute Gasteiger partial charge is 0.282 e. The van der Waals surface area contributed by atoms with Gasteiger partial charge in [-0.25, -0.2) is 13.8 Å². The Morgan fingerprint density at radius 2 is 1.85 bits per heavy atom. The number of H-pyrrole nitrogens is 1. The number of nitrogens with zero attached hydrogens (tertiary/aromatic N) is 2. The van der Waals surface area contributed by atoms with Crippen molar-refractivity contribution in [3.8, 4) is 0 Å². The normalized spacial score (nSPS) is 11.0. The molecule has 0 saturated heterocycles. The fourth-order valence-corrected chi connectivity index (χ4v) is 2.69. The molecule has 1 aromatic carbocycles. The summed E-state index contributed by atoms with van der Waals surface area (Å²) in [6.07, 6.45) is 1.19. The van der Waals surface area contributed by atoms with Crippen LogP contribution in [0.1, 0.15) is 15.9 Å². The summed E-state index contributed by atoms with van der Waals surface area (Å²) in [7, 11) is 2.55. The first-order chi connectivity index (χ1) is 12.8. The van der Waals surface area contributed by atoms with Crippen LogP contribution in [0.5, 0.6) is 0 Å². The lowest BCUT2D eigenvalue weighted by molar-refractivity contribution is -0.0758. The molecule has 7 nitrogen and oxygen atoms in total. The lowest BCUT2D eigenvalue weighted by Crippen LogP contribution is -2.32. The highest BCUT2D eigenvalue weighted by atomic mass is 19.1. The van der Waals surface area contributed by atoms with Crippen LogP contribution >= 0.6 is 0 Å². The van der Waals surface area contributed by atoms with Gasteiger partial charge in [0, 0.05) is 24.9 Å². The van der Waals surface area contributed by atoms with Gasteiger partial charge in [-0.3, -0.25) is 19.2 Å². The summed E-state index contributed by atoms with van der Waals surface area (Å²) in [6.45, 7) is -0.293. The zero-order chi connectivity index (χ0) is 19.7. The van der Waals surface area contributed by atoms with Crippen LogP contribution in [-0.4, -0.2) is 34.7 Å².